The third-order valence-corrected chi connectivity index (χ3v) is 2.54. The zero-order valence-electron chi connectivity index (χ0n) is 10.9. The van der Waals surface area contributed by atoms with Crippen LogP contribution in [0, 0.1) is 13.8 Å². The minimum absolute atomic E-state index is 0.0641. The molecule has 0 atom stereocenters. The Morgan fingerprint density at radius 3 is 2.29 bits per heavy atom. The van der Waals surface area contributed by atoms with Crippen molar-refractivity contribution in [1.82, 2.24) is 0 Å². The minimum atomic E-state index is -0.177. The Morgan fingerprint density at radius 1 is 1.29 bits per heavy atom. The van der Waals surface area contributed by atoms with Crippen molar-refractivity contribution in [3.05, 3.63) is 28.8 Å². The van der Waals surface area contributed by atoms with E-state index < -0.39 is 0 Å². The van der Waals surface area contributed by atoms with Crippen LogP contribution in [0.15, 0.2) is 12.1 Å². The van der Waals surface area contributed by atoms with Gasteiger partial charge in [-0.2, -0.15) is 0 Å². The molecule has 0 saturated heterocycles. The highest BCUT2D eigenvalue weighted by molar-refractivity contribution is 5.69. The van der Waals surface area contributed by atoms with E-state index in [-0.39, 0.29) is 12.1 Å². The summed E-state index contributed by atoms with van der Waals surface area (Å²) in [5.74, 6) is 0.155. The van der Waals surface area contributed by atoms with Gasteiger partial charge in [-0.05, 0) is 50.8 Å². The lowest BCUT2D eigenvalue weighted by Crippen LogP contribution is -2.11. The highest BCUT2D eigenvalue weighted by atomic mass is 16.5. The smallest absolute Gasteiger partial charge is 0.306 e. The molecule has 0 unspecified atom stereocenters. The third kappa shape index (κ3) is 4.10. The first-order chi connectivity index (χ1) is 7.90. The topological polar surface area (TPSA) is 46.5 Å². The summed E-state index contributed by atoms with van der Waals surface area (Å²) in [5.41, 5.74) is 2.74. The van der Waals surface area contributed by atoms with Crippen molar-refractivity contribution in [2.24, 2.45) is 0 Å². The van der Waals surface area contributed by atoms with Gasteiger partial charge in [-0.1, -0.05) is 12.1 Å². The zero-order valence-corrected chi connectivity index (χ0v) is 10.9. The number of ether oxygens (including phenoxy) is 1. The lowest BCUT2D eigenvalue weighted by molar-refractivity contribution is -0.147. The van der Waals surface area contributed by atoms with E-state index >= 15 is 0 Å². The van der Waals surface area contributed by atoms with Gasteiger partial charge >= 0.3 is 5.97 Å². The average Bonchev–Trinajstić information content (AvgIpc) is 2.22. The molecule has 0 aliphatic heterocycles. The molecule has 0 amide bonds. The van der Waals surface area contributed by atoms with Gasteiger partial charge in [-0.15, -0.1) is 0 Å². The number of carbonyl (C=O) groups is 1. The van der Waals surface area contributed by atoms with E-state index in [1.807, 2.05) is 39.8 Å². The van der Waals surface area contributed by atoms with Gasteiger partial charge in [0.15, 0.2) is 0 Å². The van der Waals surface area contributed by atoms with Gasteiger partial charge in [0.1, 0.15) is 5.75 Å². The van der Waals surface area contributed by atoms with Gasteiger partial charge in [-0.3, -0.25) is 4.79 Å². The number of aryl methyl sites for hydroxylation is 3. The van der Waals surface area contributed by atoms with Crippen molar-refractivity contribution < 1.29 is 14.6 Å². The number of hydrogen-bond donors (Lipinski definition) is 1. The van der Waals surface area contributed by atoms with E-state index in [1.54, 1.807) is 0 Å². The van der Waals surface area contributed by atoms with E-state index in [9.17, 15) is 9.90 Å². The second-order valence-electron chi connectivity index (χ2n) is 4.62. The van der Waals surface area contributed by atoms with Gasteiger partial charge in [0.25, 0.3) is 0 Å². The number of rotatable bonds is 4. The molecule has 0 aromatic heterocycles. The van der Waals surface area contributed by atoms with E-state index in [1.165, 1.54) is 0 Å². The van der Waals surface area contributed by atoms with Crippen LogP contribution in [0.25, 0.3) is 0 Å². The number of phenols is 1. The Hall–Kier alpha value is -1.51. The summed E-state index contributed by atoms with van der Waals surface area (Å²) >= 11 is 0. The standard InChI is InChI=1S/C14H20O3/c1-9(2)17-13(15)6-5-12-7-10(3)14(16)11(4)8-12/h7-9,16H,5-6H2,1-4H3. The van der Waals surface area contributed by atoms with Crippen molar-refractivity contribution in [1.29, 1.82) is 0 Å². The van der Waals surface area contributed by atoms with E-state index in [0.29, 0.717) is 18.6 Å². The van der Waals surface area contributed by atoms with Crippen LogP contribution in [-0.2, 0) is 16.0 Å². The van der Waals surface area contributed by atoms with Crippen LogP contribution in [0.2, 0.25) is 0 Å². The predicted octanol–water partition coefficient (Wildman–Crippen LogP) is 2.89. The molecular weight excluding hydrogens is 216 g/mol. The number of carbonyl (C=O) groups excluding carboxylic acids is 1. The summed E-state index contributed by atoms with van der Waals surface area (Å²) < 4.78 is 5.07. The Labute approximate surface area is 102 Å². The lowest BCUT2D eigenvalue weighted by Gasteiger charge is -2.09. The Kier molecular flexibility index (Phi) is 4.55. The zero-order chi connectivity index (χ0) is 13.0. The first kappa shape index (κ1) is 13.6. The molecule has 94 valence electrons. The molecule has 0 bridgehead atoms. The van der Waals surface area contributed by atoms with Crippen molar-refractivity contribution in [3.63, 3.8) is 0 Å². The fourth-order valence-corrected chi connectivity index (χ4v) is 1.76. The van der Waals surface area contributed by atoms with Crippen LogP contribution in [-0.4, -0.2) is 17.2 Å². The number of hydrogen-bond acceptors (Lipinski definition) is 3. The fourth-order valence-electron chi connectivity index (χ4n) is 1.76. The summed E-state index contributed by atoms with van der Waals surface area (Å²) in [6, 6.07) is 3.82. The Morgan fingerprint density at radius 2 is 1.82 bits per heavy atom. The van der Waals surface area contributed by atoms with Gasteiger partial charge in [0.2, 0.25) is 0 Å². The van der Waals surface area contributed by atoms with Crippen LogP contribution in [0.4, 0.5) is 0 Å². The maximum Gasteiger partial charge on any atom is 0.306 e. The highest BCUT2D eigenvalue weighted by Crippen LogP contribution is 2.23. The number of phenolic OH excluding ortho intramolecular Hbond substituents is 1. The molecule has 1 aromatic rings. The molecule has 0 saturated carbocycles. The molecule has 17 heavy (non-hydrogen) atoms. The van der Waals surface area contributed by atoms with Crippen LogP contribution in [0.3, 0.4) is 0 Å². The Balaban J connectivity index is 2.61. The molecule has 0 aliphatic rings. The van der Waals surface area contributed by atoms with E-state index in [4.69, 9.17) is 4.74 Å². The first-order valence-electron chi connectivity index (χ1n) is 5.88. The molecule has 0 spiro atoms. The average molecular weight is 236 g/mol. The van der Waals surface area contributed by atoms with Crippen molar-refractivity contribution in [2.45, 2.75) is 46.6 Å². The number of benzene rings is 1. The summed E-state index contributed by atoms with van der Waals surface area (Å²) in [4.78, 5) is 11.4. The van der Waals surface area contributed by atoms with Crippen LogP contribution in [0.1, 0.15) is 37.0 Å². The van der Waals surface area contributed by atoms with E-state index in [0.717, 1.165) is 16.7 Å². The van der Waals surface area contributed by atoms with Crippen LogP contribution in [0.5, 0.6) is 5.75 Å². The largest absolute Gasteiger partial charge is 0.507 e. The normalized spacial score (nSPS) is 10.6. The predicted molar refractivity (Wildman–Crippen MR) is 67.1 cm³/mol. The number of esters is 1. The monoisotopic (exact) mass is 236 g/mol. The molecule has 1 rings (SSSR count). The molecule has 0 fully saturated rings. The Bertz CT molecular complexity index is 385. The van der Waals surface area contributed by atoms with Gasteiger partial charge in [0.05, 0.1) is 6.10 Å². The fraction of sp³-hybridized carbons (Fsp3) is 0.500. The van der Waals surface area contributed by atoms with Crippen molar-refractivity contribution >= 4 is 5.97 Å². The summed E-state index contributed by atoms with van der Waals surface area (Å²) in [6.45, 7) is 7.40. The number of aromatic hydroxyl groups is 1. The van der Waals surface area contributed by atoms with Crippen LogP contribution >= 0.6 is 0 Å². The molecular formula is C14H20O3. The van der Waals surface area contributed by atoms with E-state index in [2.05, 4.69) is 0 Å². The third-order valence-electron chi connectivity index (χ3n) is 2.54. The van der Waals surface area contributed by atoms with Crippen molar-refractivity contribution in [2.75, 3.05) is 0 Å². The molecule has 3 nitrogen and oxygen atoms in total. The van der Waals surface area contributed by atoms with Gasteiger partial charge < -0.3 is 9.84 Å². The molecule has 3 heteroatoms. The minimum Gasteiger partial charge on any atom is -0.507 e. The lowest BCUT2D eigenvalue weighted by atomic mass is 10.0. The SMILES string of the molecule is Cc1cc(CCC(=O)OC(C)C)cc(C)c1O. The van der Waals surface area contributed by atoms with Crippen molar-refractivity contribution in [3.8, 4) is 5.75 Å². The quantitative estimate of drug-likeness (QED) is 0.818. The second kappa shape index (κ2) is 5.71. The molecule has 1 N–H and O–H groups in total. The molecule has 0 radical (unpaired) electrons. The molecule has 0 heterocycles. The highest BCUT2D eigenvalue weighted by Gasteiger charge is 2.08. The van der Waals surface area contributed by atoms with Gasteiger partial charge in [0, 0.05) is 6.42 Å². The molecule has 0 aliphatic carbocycles. The second-order valence-corrected chi connectivity index (χ2v) is 4.62. The summed E-state index contributed by atoms with van der Waals surface area (Å²) in [5, 5.41) is 9.64. The maximum atomic E-state index is 11.4. The van der Waals surface area contributed by atoms with Gasteiger partial charge in [-0.25, -0.2) is 0 Å². The summed E-state index contributed by atoms with van der Waals surface area (Å²) in [7, 11) is 0. The summed E-state index contributed by atoms with van der Waals surface area (Å²) in [6.07, 6.45) is 0.959. The van der Waals surface area contributed by atoms with Crippen LogP contribution < -0.4 is 0 Å². The maximum absolute atomic E-state index is 11.4. The first-order valence-corrected chi connectivity index (χ1v) is 5.88. The molecule has 1 aromatic carbocycles.